The molecule has 0 aliphatic heterocycles. The van der Waals surface area contributed by atoms with Crippen LogP contribution in [-0.2, 0) is 14.9 Å². The Labute approximate surface area is 400 Å². The van der Waals surface area contributed by atoms with E-state index in [0.717, 1.165) is 33.4 Å². The van der Waals surface area contributed by atoms with Gasteiger partial charge in [0.15, 0.2) is 23.0 Å². The summed E-state index contributed by atoms with van der Waals surface area (Å²) in [7, 11) is 0. The number of fused-ring (bicyclic) bond motifs is 3. The molecule has 0 spiro atoms. The Hall–Kier alpha value is -8.78. The third kappa shape index (κ3) is 11.3. The summed E-state index contributed by atoms with van der Waals surface area (Å²) in [4.78, 5) is 25.8. The molecule has 1 aliphatic rings. The second-order valence-corrected chi connectivity index (χ2v) is 15.3. The number of aliphatic hydroxyl groups excluding tert-OH is 2. The first-order valence-electron chi connectivity index (χ1n) is 21.6. The van der Waals surface area contributed by atoms with Crippen molar-refractivity contribution in [2.75, 3.05) is 52.9 Å². The highest BCUT2D eigenvalue weighted by atomic mass is 16.6. The van der Waals surface area contributed by atoms with Crippen molar-refractivity contribution in [2.24, 2.45) is 0 Å². The molecule has 12 heteroatoms. The SMILES string of the molecule is C#CCOc1ccc(C(=O)OCC(O)COc2ccc(C3(c4ccc(OCC(O)COC(=O)c5ccc(OCC#C)c(OCC#C)c5)cc4)c4ccccc4-c4ccccc43)cc2)cc1OCC#C. The van der Waals surface area contributed by atoms with Crippen LogP contribution in [0.5, 0.6) is 34.5 Å². The number of esters is 2. The van der Waals surface area contributed by atoms with E-state index in [1.54, 1.807) is 0 Å². The van der Waals surface area contributed by atoms with Crippen LogP contribution in [0.25, 0.3) is 11.1 Å². The number of aliphatic hydroxyl groups is 2. The maximum absolute atomic E-state index is 12.9. The molecule has 2 atom stereocenters. The van der Waals surface area contributed by atoms with E-state index in [1.165, 1.54) is 36.4 Å². The zero-order chi connectivity index (χ0) is 48.6. The van der Waals surface area contributed by atoms with Gasteiger partial charge >= 0.3 is 11.9 Å². The number of rotatable bonds is 22. The van der Waals surface area contributed by atoms with Gasteiger partial charge in [-0.2, -0.15) is 0 Å². The van der Waals surface area contributed by atoms with E-state index in [4.69, 9.17) is 63.6 Å². The first kappa shape index (κ1) is 48.2. The molecule has 346 valence electrons. The van der Waals surface area contributed by atoms with Gasteiger partial charge in [-0.1, -0.05) is 96.5 Å². The van der Waals surface area contributed by atoms with E-state index in [1.807, 2.05) is 72.8 Å². The Bertz CT molecular complexity index is 2730. The summed E-state index contributed by atoms with van der Waals surface area (Å²) < 4.78 is 44.7. The molecule has 0 fully saturated rings. The third-order valence-electron chi connectivity index (χ3n) is 10.8. The molecule has 0 heterocycles. The fourth-order valence-electron chi connectivity index (χ4n) is 7.83. The highest BCUT2D eigenvalue weighted by Crippen LogP contribution is 2.56. The maximum atomic E-state index is 12.9. The zero-order valence-corrected chi connectivity index (χ0v) is 37.3. The third-order valence-corrected chi connectivity index (χ3v) is 10.8. The standard InChI is InChI=1S/C57H46O12/c1-5-29-62-51-27-17-39(33-53(51)64-31-7-3)55(60)68-37-43(58)35-66-45-23-19-41(20-24-45)57(49-15-11-9-13-47(49)48-14-10-12-16-50(48)57)42-21-25-46(26-22-42)67-36-44(59)38-69-56(61)40-18-28-52(63-30-6-2)54(34-40)65-32-8-4/h1-4,9-28,33-34,43-44,58-59H,29-32,35-38H2. The minimum absolute atomic E-state index is 0.00412. The molecule has 2 N–H and O–H groups in total. The quantitative estimate of drug-likeness (QED) is 0.0520. The summed E-state index contributed by atoms with van der Waals surface area (Å²) in [5.41, 5.74) is 5.84. The van der Waals surface area contributed by atoms with Gasteiger partial charge in [0, 0.05) is 0 Å². The van der Waals surface area contributed by atoms with Crippen LogP contribution in [0.3, 0.4) is 0 Å². The molecule has 0 saturated carbocycles. The van der Waals surface area contributed by atoms with Crippen molar-refractivity contribution in [2.45, 2.75) is 17.6 Å². The van der Waals surface area contributed by atoms with Crippen molar-refractivity contribution in [1.29, 1.82) is 0 Å². The highest BCUT2D eigenvalue weighted by Gasteiger charge is 2.46. The van der Waals surface area contributed by atoms with Gasteiger partial charge in [-0.05, 0) is 94.0 Å². The van der Waals surface area contributed by atoms with Crippen LogP contribution >= 0.6 is 0 Å². The summed E-state index contributed by atoms with van der Waals surface area (Å²) in [6.45, 7) is -1.09. The van der Waals surface area contributed by atoms with Crippen molar-refractivity contribution < 1.29 is 57.7 Å². The molecule has 12 nitrogen and oxygen atoms in total. The van der Waals surface area contributed by atoms with Crippen LogP contribution < -0.4 is 28.4 Å². The second-order valence-electron chi connectivity index (χ2n) is 15.3. The Morgan fingerprint density at radius 2 is 0.812 bits per heavy atom. The molecule has 0 bridgehead atoms. The second kappa shape index (κ2) is 23.1. The van der Waals surface area contributed by atoms with E-state index in [-0.39, 0.29) is 75.5 Å². The fraction of sp³-hybridized carbons (Fsp3) is 0.193. The van der Waals surface area contributed by atoms with Crippen LogP contribution in [-0.4, -0.2) is 87.2 Å². The smallest absolute Gasteiger partial charge is 0.338 e. The molecule has 0 radical (unpaired) electrons. The largest absolute Gasteiger partial charge is 0.491 e. The minimum atomic E-state index is -1.14. The number of carbonyl (C=O) groups excluding carboxylic acids is 2. The van der Waals surface area contributed by atoms with Crippen LogP contribution in [0.2, 0.25) is 0 Å². The van der Waals surface area contributed by atoms with Gasteiger partial charge in [-0.15, -0.1) is 25.7 Å². The summed E-state index contributed by atoms with van der Waals surface area (Å²) in [6.07, 6.45) is 19.0. The number of hydrogen-bond acceptors (Lipinski definition) is 12. The zero-order valence-electron chi connectivity index (χ0n) is 37.3. The summed E-state index contributed by atoms with van der Waals surface area (Å²) in [5, 5.41) is 21.5. The normalized spacial score (nSPS) is 12.4. The van der Waals surface area contributed by atoms with Gasteiger partial charge in [-0.3, -0.25) is 0 Å². The lowest BCUT2D eigenvalue weighted by molar-refractivity contribution is 0.0127. The number of hydrogen-bond donors (Lipinski definition) is 2. The number of carbonyl (C=O) groups is 2. The molecule has 7 rings (SSSR count). The summed E-state index contributed by atoms with van der Waals surface area (Å²) in [6, 6.07) is 40.8. The Morgan fingerprint density at radius 1 is 0.449 bits per heavy atom. The molecule has 0 aromatic heterocycles. The predicted octanol–water partition coefficient (Wildman–Crippen LogP) is 7.29. The number of benzene rings is 6. The minimum Gasteiger partial charge on any atom is -0.491 e. The van der Waals surface area contributed by atoms with Crippen LogP contribution in [0.4, 0.5) is 0 Å². The number of ether oxygens (including phenoxy) is 8. The van der Waals surface area contributed by atoms with Gasteiger partial charge in [0.25, 0.3) is 0 Å². The summed E-state index contributed by atoms with van der Waals surface area (Å²) in [5.74, 6) is 10.2. The van der Waals surface area contributed by atoms with Crippen molar-refractivity contribution in [1.82, 2.24) is 0 Å². The van der Waals surface area contributed by atoms with Gasteiger partial charge in [-0.25, -0.2) is 9.59 Å². The van der Waals surface area contributed by atoms with Crippen LogP contribution in [0.15, 0.2) is 133 Å². The average molecular weight is 923 g/mol. The van der Waals surface area contributed by atoms with Crippen LogP contribution in [0, 0.1) is 49.4 Å². The first-order valence-corrected chi connectivity index (χ1v) is 21.6. The Balaban J connectivity index is 1.01. The van der Waals surface area contributed by atoms with Gasteiger partial charge in [0.05, 0.1) is 16.5 Å². The van der Waals surface area contributed by atoms with E-state index < -0.39 is 29.6 Å². The predicted molar refractivity (Wildman–Crippen MR) is 258 cm³/mol. The van der Waals surface area contributed by atoms with E-state index in [2.05, 4.69) is 47.9 Å². The molecule has 6 aromatic rings. The van der Waals surface area contributed by atoms with Gasteiger partial charge < -0.3 is 48.1 Å². The topological polar surface area (TPSA) is 148 Å². The average Bonchev–Trinajstić information content (AvgIpc) is 3.69. The van der Waals surface area contributed by atoms with Crippen molar-refractivity contribution in [3.05, 3.63) is 167 Å². The van der Waals surface area contributed by atoms with Gasteiger partial charge in [0.1, 0.15) is 76.6 Å². The Kier molecular flexibility index (Phi) is 16.1. The number of terminal acetylenes is 4. The fourth-order valence-corrected chi connectivity index (χ4v) is 7.83. The maximum Gasteiger partial charge on any atom is 0.338 e. The molecular formula is C57H46O12. The van der Waals surface area contributed by atoms with Crippen molar-refractivity contribution >= 4 is 11.9 Å². The monoisotopic (exact) mass is 922 g/mol. The van der Waals surface area contributed by atoms with Crippen molar-refractivity contribution in [3.8, 4) is 95.0 Å². The lowest BCUT2D eigenvalue weighted by atomic mass is 9.68. The van der Waals surface area contributed by atoms with Crippen LogP contribution in [0.1, 0.15) is 43.0 Å². The molecule has 69 heavy (non-hydrogen) atoms. The molecular weight excluding hydrogens is 877 g/mol. The van der Waals surface area contributed by atoms with E-state index >= 15 is 0 Å². The lowest BCUT2D eigenvalue weighted by Gasteiger charge is -2.34. The van der Waals surface area contributed by atoms with E-state index in [0.29, 0.717) is 23.0 Å². The molecule has 2 unspecified atom stereocenters. The molecule has 6 aromatic carbocycles. The molecule has 0 saturated heterocycles. The molecule has 1 aliphatic carbocycles. The Morgan fingerprint density at radius 3 is 1.19 bits per heavy atom. The summed E-state index contributed by atoms with van der Waals surface area (Å²) >= 11 is 0. The first-order chi connectivity index (χ1) is 33.7. The molecule has 0 amide bonds. The highest BCUT2D eigenvalue weighted by molar-refractivity contribution is 5.91. The van der Waals surface area contributed by atoms with E-state index in [9.17, 15) is 19.8 Å². The van der Waals surface area contributed by atoms with Gasteiger partial charge in [0.2, 0.25) is 0 Å². The lowest BCUT2D eigenvalue weighted by Crippen LogP contribution is -2.28. The van der Waals surface area contributed by atoms with Crippen molar-refractivity contribution in [3.63, 3.8) is 0 Å².